The lowest BCUT2D eigenvalue weighted by atomic mass is 10.2. The van der Waals surface area contributed by atoms with Gasteiger partial charge < -0.3 is 14.5 Å². The van der Waals surface area contributed by atoms with E-state index in [1.54, 1.807) is 23.7 Å². The van der Waals surface area contributed by atoms with E-state index in [1.165, 1.54) is 0 Å². The molecule has 0 saturated carbocycles. The van der Waals surface area contributed by atoms with Gasteiger partial charge in [0, 0.05) is 11.1 Å². The highest BCUT2D eigenvalue weighted by molar-refractivity contribution is 5.97. The molecular formula is C22H19N3O4. The summed E-state index contributed by atoms with van der Waals surface area (Å²) in [5.41, 5.74) is 4.24. The largest absolute Gasteiger partial charge is 0.490 e. The molecule has 1 aromatic heterocycles. The molecule has 0 atom stereocenters. The minimum Gasteiger partial charge on any atom is -0.490 e. The van der Waals surface area contributed by atoms with Crippen LogP contribution in [-0.2, 0) is 0 Å². The maximum atomic E-state index is 11.6. The van der Waals surface area contributed by atoms with Gasteiger partial charge in [0.25, 0.3) is 5.91 Å². The molecule has 0 saturated heterocycles. The summed E-state index contributed by atoms with van der Waals surface area (Å²) in [5.74, 6) is 1.60. The minimum absolute atomic E-state index is 0.339. The third-order valence-electron chi connectivity index (χ3n) is 4.32. The average molecular weight is 389 g/mol. The molecule has 7 nitrogen and oxygen atoms in total. The zero-order valence-corrected chi connectivity index (χ0v) is 15.5. The molecule has 0 bridgehead atoms. The predicted molar refractivity (Wildman–Crippen MR) is 108 cm³/mol. The summed E-state index contributed by atoms with van der Waals surface area (Å²) in [5, 5.41) is 8.78. The summed E-state index contributed by atoms with van der Waals surface area (Å²) in [6, 6.07) is 22.1. The number of hydroxylamine groups is 1. The Hall–Kier alpha value is -3.84. The van der Waals surface area contributed by atoms with Crippen LogP contribution in [0.15, 0.2) is 72.8 Å². The number of nitrogens with one attached hydrogen (secondary N) is 2. The quantitative estimate of drug-likeness (QED) is 0.254. The highest BCUT2D eigenvalue weighted by Crippen LogP contribution is 2.24. The van der Waals surface area contributed by atoms with Crippen LogP contribution in [0.5, 0.6) is 11.5 Å². The maximum Gasteiger partial charge on any atom is 0.274 e. The summed E-state index contributed by atoms with van der Waals surface area (Å²) in [4.78, 5) is 19.3. The van der Waals surface area contributed by atoms with Crippen LogP contribution < -0.4 is 15.0 Å². The number of carbonyl (C=O) groups is 1. The Morgan fingerprint density at radius 2 is 1.69 bits per heavy atom. The average Bonchev–Trinajstić information content (AvgIpc) is 3.20. The Morgan fingerprint density at radius 1 is 0.931 bits per heavy atom. The fourth-order valence-electron chi connectivity index (χ4n) is 2.92. The lowest BCUT2D eigenvalue weighted by Crippen LogP contribution is -2.18. The molecule has 3 aromatic carbocycles. The molecule has 1 heterocycles. The number of ether oxygens (including phenoxy) is 2. The highest BCUT2D eigenvalue weighted by atomic mass is 16.5. The number of nitrogens with zero attached hydrogens (tertiary/aromatic N) is 1. The summed E-state index contributed by atoms with van der Waals surface area (Å²) >= 11 is 0. The number of carbonyl (C=O) groups excluding carboxylic acids is 1. The Bertz CT molecular complexity index is 1130. The summed E-state index contributed by atoms with van der Waals surface area (Å²) in [7, 11) is 0. The van der Waals surface area contributed by atoms with Gasteiger partial charge in [0.15, 0.2) is 0 Å². The zero-order chi connectivity index (χ0) is 20.1. The highest BCUT2D eigenvalue weighted by Gasteiger charge is 2.10. The topological polar surface area (TPSA) is 96.5 Å². The number of H-pyrrole nitrogens is 1. The second-order valence-electron chi connectivity index (χ2n) is 6.30. The molecule has 0 unspecified atom stereocenters. The summed E-state index contributed by atoms with van der Waals surface area (Å²) in [6.07, 6.45) is 0. The second kappa shape index (κ2) is 8.45. The molecule has 0 spiro atoms. The van der Waals surface area contributed by atoms with Crippen molar-refractivity contribution in [2.24, 2.45) is 0 Å². The van der Waals surface area contributed by atoms with E-state index in [1.807, 2.05) is 54.6 Å². The third-order valence-corrected chi connectivity index (χ3v) is 4.32. The lowest BCUT2D eigenvalue weighted by molar-refractivity contribution is 0.0706. The zero-order valence-electron chi connectivity index (χ0n) is 15.5. The lowest BCUT2D eigenvalue weighted by Gasteiger charge is -2.09. The van der Waals surface area contributed by atoms with Crippen LogP contribution in [0.2, 0.25) is 0 Å². The molecule has 4 aromatic rings. The van der Waals surface area contributed by atoms with Gasteiger partial charge in [0.05, 0.1) is 11.0 Å². The van der Waals surface area contributed by atoms with Crippen molar-refractivity contribution >= 4 is 16.9 Å². The van der Waals surface area contributed by atoms with Gasteiger partial charge >= 0.3 is 0 Å². The Labute approximate surface area is 166 Å². The van der Waals surface area contributed by atoms with Gasteiger partial charge in [-0.3, -0.25) is 10.0 Å². The van der Waals surface area contributed by atoms with Crippen molar-refractivity contribution in [1.29, 1.82) is 0 Å². The first kappa shape index (κ1) is 18.5. The van der Waals surface area contributed by atoms with Gasteiger partial charge in [0.2, 0.25) is 0 Å². The standard InChI is InChI=1S/C22H19N3O4/c26-22(25-27)16-9-10-19-20(14-16)24-21(23-19)15-5-4-8-18(13-15)29-12-11-28-17-6-2-1-3-7-17/h1-10,13-14,27H,11-12H2,(H,23,24)(H,25,26). The van der Waals surface area contributed by atoms with E-state index in [0.29, 0.717) is 35.9 Å². The Kier molecular flexibility index (Phi) is 5.40. The molecule has 4 rings (SSSR count). The minimum atomic E-state index is -0.573. The number of hydrogen-bond donors (Lipinski definition) is 3. The van der Waals surface area contributed by atoms with Crippen LogP contribution in [0.25, 0.3) is 22.4 Å². The molecule has 0 fully saturated rings. The van der Waals surface area contributed by atoms with Crippen molar-refractivity contribution in [3.8, 4) is 22.9 Å². The number of rotatable bonds is 7. The van der Waals surface area contributed by atoms with Crippen LogP contribution >= 0.6 is 0 Å². The third kappa shape index (κ3) is 4.36. The first-order valence-corrected chi connectivity index (χ1v) is 9.08. The predicted octanol–water partition coefficient (Wildman–Crippen LogP) is 3.81. The molecule has 0 radical (unpaired) electrons. The monoisotopic (exact) mass is 389 g/mol. The molecule has 7 heteroatoms. The number of fused-ring (bicyclic) bond motifs is 1. The van der Waals surface area contributed by atoms with Gasteiger partial charge in [-0.1, -0.05) is 30.3 Å². The van der Waals surface area contributed by atoms with Crippen LogP contribution in [0.1, 0.15) is 10.4 Å². The van der Waals surface area contributed by atoms with Gasteiger partial charge in [-0.2, -0.15) is 0 Å². The van der Waals surface area contributed by atoms with E-state index < -0.39 is 5.91 Å². The van der Waals surface area contributed by atoms with E-state index in [2.05, 4.69) is 9.97 Å². The smallest absolute Gasteiger partial charge is 0.274 e. The molecule has 146 valence electrons. The molecular weight excluding hydrogens is 370 g/mol. The van der Waals surface area contributed by atoms with Gasteiger partial charge in [0.1, 0.15) is 30.5 Å². The SMILES string of the molecule is O=C(NO)c1ccc2nc(-c3cccc(OCCOc4ccccc4)c3)[nH]c2c1. The molecule has 0 aliphatic heterocycles. The van der Waals surface area contributed by atoms with E-state index in [9.17, 15) is 4.79 Å². The van der Waals surface area contributed by atoms with E-state index in [4.69, 9.17) is 14.7 Å². The second-order valence-corrected chi connectivity index (χ2v) is 6.30. The number of hydrogen-bond acceptors (Lipinski definition) is 5. The van der Waals surface area contributed by atoms with Crippen LogP contribution in [-0.4, -0.2) is 34.3 Å². The fourth-order valence-corrected chi connectivity index (χ4v) is 2.92. The van der Waals surface area contributed by atoms with Crippen molar-refractivity contribution in [3.63, 3.8) is 0 Å². The van der Waals surface area contributed by atoms with Crippen LogP contribution in [0, 0.1) is 0 Å². The fraction of sp³-hybridized carbons (Fsp3) is 0.0909. The van der Waals surface area contributed by atoms with Gasteiger partial charge in [-0.15, -0.1) is 0 Å². The first-order valence-electron chi connectivity index (χ1n) is 9.08. The molecule has 1 amide bonds. The molecule has 0 aliphatic carbocycles. The van der Waals surface area contributed by atoms with Crippen molar-refractivity contribution in [3.05, 3.63) is 78.4 Å². The van der Waals surface area contributed by atoms with Gasteiger partial charge in [-0.25, -0.2) is 10.5 Å². The van der Waals surface area contributed by atoms with Gasteiger partial charge in [-0.05, 0) is 42.5 Å². The summed E-state index contributed by atoms with van der Waals surface area (Å²) in [6.45, 7) is 0.854. The molecule has 3 N–H and O–H groups in total. The van der Waals surface area contributed by atoms with Crippen molar-refractivity contribution in [1.82, 2.24) is 15.4 Å². The number of aromatic amines is 1. The Morgan fingerprint density at radius 3 is 2.48 bits per heavy atom. The van der Waals surface area contributed by atoms with E-state index in [0.717, 1.165) is 16.8 Å². The number of amides is 1. The number of imidazole rings is 1. The van der Waals surface area contributed by atoms with E-state index >= 15 is 0 Å². The molecule has 0 aliphatic rings. The van der Waals surface area contributed by atoms with E-state index in [-0.39, 0.29) is 0 Å². The Balaban J connectivity index is 1.44. The maximum absolute atomic E-state index is 11.6. The normalized spacial score (nSPS) is 10.7. The van der Waals surface area contributed by atoms with Crippen molar-refractivity contribution < 1.29 is 19.5 Å². The first-order chi connectivity index (χ1) is 14.2. The number of benzene rings is 3. The number of aromatic nitrogens is 2. The number of para-hydroxylation sites is 1. The van der Waals surface area contributed by atoms with Crippen molar-refractivity contribution in [2.75, 3.05) is 13.2 Å². The van der Waals surface area contributed by atoms with Crippen LogP contribution in [0.3, 0.4) is 0 Å². The summed E-state index contributed by atoms with van der Waals surface area (Å²) < 4.78 is 11.4. The van der Waals surface area contributed by atoms with Crippen LogP contribution in [0.4, 0.5) is 0 Å². The van der Waals surface area contributed by atoms with Crippen molar-refractivity contribution in [2.45, 2.75) is 0 Å². The molecule has 29 heavy (non-hydrogen) atoms.